The minimum Gasteiger partial charge on any atom is -0.491 e. The maximum absolute atomic E-state index is 12.2. The molecule has 0 spiro atoms. The highest BCUT2D eigenvalue weighted by Crippen LogP contribution is 2.21. The molecule has 1 aromatic rings. The van der Waals surface area contributed by atoms with Crippen molar-refractivity contribution < 1.29 is 13.2 Å². The predicted molar refractivity (Wildman–Crippen MR) is 127 cm³/mol. The molecule has 0 saturated carbocycles. The molecular formula is C19H35IN4O3S. The third kappa shape index (κ3) is 8.95. The van der Waals surface area contributed by atoms with Gasteiger partial charge in [0.1, 0.15) is 5.75 Å². The third-order valence-electron chi connectivity index (χ3n) is 4.01. The van der Waals surface area contributed by atoms with Crippen LogP contribution < -0.4 is 15.4 Å². The van der Waals surface area contributed by atoms with Gasteiger partial charge in [0, 0.05) is 38.8 Å². The molecule has 0 radical (unpaired) electrons. The Bertz CT molecular complexity index is 720. The van der Waals surface area contributed by atoms with Crippen molar-refractivity contribution in [1.29, 1.82) is 0 Å². The summed E-state index contributed by atoms with van der Waals surface area (Å²) in [5.41, 5.74) is 2.16. The average molecular weight is 526 g/mol. The molecule has 28 heavy (non-hydrogen) atoms. The summed E-state index contributed by atoms with van der Waals surface area (Å²) in [5.74, 6) is 1.43. The zero-order valence-electron chi connectivity index (χ0n) is 17.8. The fourth-order valence-corrected chi connectivity index (χ4v) is 4.02. The monoisotopic (exact) mass is 526 g/mol. The van der Waals surface area contributed by atoms with Gasteiger partial charge in [0.05, 0.1) is 11.9 Å². The van der Waals surface area contributed by atoms with Crippen molar-refractivity contribution in [3.05, 3.63) is 29.3 Å². The third-order valence-corrected chi connectivity index (χ3v) is 6.03. The molecule has 0 aliphatic heterocycles. The summed E-state index contributed by atoms with van der Waals surface area (Å²) in [6.07, 6.45) is 0.0910. The molecule has 7 nitrogen and oxygen atoms in total. The van der Waals surface area contributed by atoms with E-state index >= 15 is 0 Å². The molecule has 2 N–H and O–H groups in total. The van der Waals surface area contributed by atoms with E-state index < -0.39 is 10.0 Å². The van der Waals surface area contributed by atoms with E-state index in [4.69, 9.17) is 4.74 Å². The van der Waals surface area contributed by atoms with Crippen LogP contribution in [0.25, 0.3) is 0 Å². The molecule has 0 amide bonds. The second-order valence-electron chi connectivity index (χ2n) is 6.53. The minimum atomic E-state index is -3.25. The quantitative estimate of drug-likeness (QED) is 0.279. The molecule has 0 aromatic heterocycles. The number of benzene rings is 1. The highest BCUT2D eigenvalue weighted by molar-refractivity contribution is 14.0. The van der Waals surface area contributed by atoms with Crippen LogP contribution in [0.1, 0.15) is 38.8 Å². The van der Waals surface area contributed by atoms with E-state index in [9.17, 15) is 8.42 Å². The number of halogens is 1. The van der Waals surface area contributed by atoms with E-state index in [-0.39, 0.29) is 35.8 Å². The lowest BCUT2D eigenvalue weighted by Gasteiger charge is -2.19. The number of sulfonamides is 1. The zero-order chi connectivity index (χ0) is 20.4. The number of hydrogen-bond acceptors (Lipinski definition) is 4. The van der Waals surface area contributed by atoms with Crippen LogP contribution in [0.2, 0.25) is 0 Å². The molecular weight excluding hydrogens is 491 g/mol. The predicted octanol–water partition coefficient (Wildman–Crippen LogP) is 2.74. The maximum Gasteiger partial charge on any atom is 0.215 e. The van der Waals surface area contributed by atoms with Gasteiger partial charge in [0.2, 0.25) is 10.0 Å². The molecule has 0 unspecified atom stereocenters. The molecule has 0 aliphatic rings. The maximum atomic E-state index is 12.2. The molecule has 9 heteroatoms. The van der Waals surface area contributed by atoms with Crippen molar-refractivity contribution in [3.63, 3.8) is 0 Å². The van der Waals surface area contributed by atoms with Gasteiger partial charge in [-0.05, 0) is 32.4 Å². The lowest BCUT2D eigenvalue weighted by molar-refractivity contribution is 0.239. The van der Waals surface area contributed by atoms with E-state index in [1.165, 1.54) is 4.31 Å². The molecule has 1 rings (SSSR count). The molecule has 0 atom stereocenters. The topological polar surface area (TPSA) is 83.0 Å². The number of aryl methyl sites for hydroxylation is 1. The normalized spacial score (nSPS) is 12.1. The molecule has 0 fully saturated rings. The SMILES string of the molecule is CCN(CC)S(=O)(=O)CCNC(=NC)NCc1ccc(C)cc1OC(C)C.I. The zero-order valence-corrected chi connectivity index (χ0v) is 20.9. The first-order valence-electron chi connectivity index (χ1n) is 9.42. The Morgan fingerprint density at radius 1 is 1.21 bits per heavy atom. The lowest BCUT2D eigenvalue weighted by atomic mass is 10.1. The Labute approximate surface area is 187 Å². The van der Waals surface area contributed by atoms with Gasteiger partial charge in [-0.15, -0.1) is 24.0 Å². The summed E-state index contributed by atoms with van der Waals surface area (Å²) in [4.78, 5) is 4.16. The van der Waals surface area contributed by atoms with Gasteiger partial charge in [-0.2, -0.15) is 0 Å². The second kappa shape index (κ2) is 13.2. The van der Waals surface area contributed by atoms with Gasteiger partial charge in [0.25, 0.3) is 0 Å². The van der Waals surface area contributed by atoms with Crippen molar-refractivity contribution >= 4 is 40.0 Å². The number of guanidine groups is 1. The minimum absolute atomic E-state index is 0. The van der Waals surface area contributed by atoms with Crippen LogP contribution in [0.5, 0.6) is 5.75 Å². The standard InChI is InChI=1S/C19H34N4O3S.HI/c1-7-23(8-2)27(24,25)12-11-21-19(20-6)22-14-17-10-9-16(5)13-18(17)26-15(3)4;/h9-10,13,15H,7-8,11-12,14H2,1-6H3,(H2,20,21,22);1H. The average Bonchev–Trinajstić information content (AvgIpc) is 2.59. The Morgan fingerprint density at radius 2 is 1.86 bits per heavy atom. The van der Waals surface area contributed by atoms with Gasteiger partial charge < -0.3 is 15.4 Å². The van der Waals surface area contributed by atoms with Gasteiger partial charge in [-0.1, -0.05) is 26.0 Å². The Hall–Kier alpha value is -1.07. The van der Waals surface area contributed by atoms with Crippen LogP contribution in [0, 0.1) is 6.92 Å². The van der Waals surface area contributed by atoms with Crippen molar-refractivity contribution in [1.82, 2.24) is 14.9 Å². The van der Waals surface area contributed by atoms with Gasteiger partial charge in [-0.3, -0.25) is 4.99 Å². The number of ether oxygens (including phenoxy) is 1. The number of nitrogens with one attached hydrogen (secondary N) is 2. The Balaban J connectivity index is 0.00000729. The smallest absolute Gasteiger partial charge is 0.215 e. The first-order chi connectivity index (χ1) is 12.7. The van der Waals surface area contributed by atoms with Crippen LogP contribution in [0.3, 0.4) is 0 Å². The summed E-state index contributed by atoms with van der Waals surface area (Å²) in [7, 11) is -1.59. The van der Waals surface area contributed by atoms with Crippen LogP contribution in [-0.4, -0.2) is 57.2 Å². The molecule has 1 aromatic carbocycles. The summed E-state index contributed by atoms with van der Waals surface area (Å²) in [6.45, 7) is 11.5. The first kappa shape index (κ1) is 26.9. The van der Waals surface area contributed by atoms with E-state index in [0.29, 0.717) is 32.1 Å². The Morgan fingerprint density at radius 3 is 2.39 bits per heavy atom. The summed E-state index contributed by atoms with van der Waals surface area (Å²) in [5, 5.41) is 6.28. The Kier molecular flexibility index (Phi) is 12.7. The molecule has 0 heterocycles. The van der Waals surface area contributed by atoms with Crippen LogP contribution >= 0.6 is 24.0 Å². The highest BCUT2D eigenvalue weighted by Gasteiger charge is 2.18. The summed E-state index contributed by atoms with van der Waals surface area (Å²) < 4.78 is 31.8. The van der Waals surface area contributed by atoms with Gasteiger partial charge in [0.15, 0.2) is 5.96 Å². The molecule has 0 saturated heterocycles. The van der Waals surface area contributed by atoms with Crippen LogP contribution in [0.4, 0.5) is 0 Å². The van der Waals surface area contributed by atoms with Crippen molar-refractivity contribution in [2.24, 2.45) is 4.99 Å². The molecule has 0 bridgehead atoms. The fourth-order valence-electron chi connectivity index (χ4n) is 2.62. The lowest BCUT2D eigenvalue weighted by Crippen LogP contribution is -2.41. The van der Waals surface area contributed by atoms with Gasteiger partial charge >= 0.3 is 0 Å². The van der Waals surface area contributed by atoms with Crippen molar-refractivity contribution in [2.75, 3.05) is 32.4 Å². The van der Waals surface area contributed by atoms with E-state index in [1.807, 2.05) is 52.8 Å². The largest absolute Gasteiger partial charge is 0.491 e. The van der Waals surface area contributed by atoms with Crippen molar-refractivity contribution in [2.45, 2.75) is 47.3 Å². The number of hydrogen-bond donors (Lipinski definition) is 2. The van der Waals surface area contributed by atoms with Crippen LogP contribution in [-0.2, 0) is 16.6 Å². The highest BCUT2D eigenvalue weighted by atomic mass is 127. The summed E-state index contributed by atoms with van der Waals surface area (Å²) in [6, 6.07) is 6.08. The molecule has 162 valence electrons. The fraction of sp³-hybridized carbons (Fsp3) is 0.632. The van der Waals surface area contributed by atoms with Gasteiger partial charge in [-0.25, -0.2) is 12.7 Å². The van der Waals surface area contributed by atoms with Crippen LogP contribution in [0.15, 0.2) is 23.2 Å². The number of rotatable bonds is 10. The van der Waals surface area contributed by atoms with Crippen molar-refractivity contribution in [3.8, 4) is 5.75 Å². The van der Waals surface area contributed by atoms with E-state index in [2.05, 4.69) is 15.6 Å². The second-order valence-corrected chi connectivity index (χ2v) is 8.62. The number of aliphatic imine (C=N–C) groups is 1. The number of nitrogens with zero attached hydrogens (tertiary/aromatic N) is 2. The first-order valence-corrected chi connectivity index (χ1v) is 11.0. The van der Waals surface area contributed by atoms with E-state index in [0.717, 1.165) is 16.9 Å². The molecule has 0 aliphatic carbocycles. The summed E-state index contributed by atoms with van der Waals surface area (Å²) >= 11 is 0. The van der Waals surface area contributed by atoms with E-state index in [1.54, 1.807) is 7.05 Å².